The lowest BCUT2D eigenvalue weighted by Gasteiger charge is -2.11. The third kappa shape index (κ3) is 3.41. The van der Waals surface area contributed by atoms with Gasteiger partial charge in [0.25, 0.3) is 5.56 Å². The Balaban J connectivity index is 2.24. The van der Waals surface area contributed by atoms with E-state index in [2.05, 4.69) is 0 Å². The molecular formula is C15H15ClN4O5. The molecule has 25 heavy (non-hydrogen) atoms. The molecule has 132 valence electrons. The summed E-state index contributed by atoms with van der Waals surface area (Å²) in [5, 5.41) is 0.272. The quantitative estimate of drug-likeness (QED) is 0.439. The fourth-order valence-electron chi connectivity index (χ4n) is 2.08. The fraction of sp³-hybridized carbons (Fsp3) is 0.200. The number of halogens is 1. The Kier molecular flexibility index (Phi) is 4.98. The lowest BCUT2D eigenvalue weighted by molar-refractivity contribution is 0.0474. The van der Waals surface area contributed by atoms with Gasteiger partial charge in [0.05, 0.1) is 16.3 Å². The first-order valence-corrected chi connectivity index (χ1v) is 7.33. The molecule has 0 bridgehead atoms. The molecule has 0 radical (unpaired) electrons. The van der Waals surface area contributed by atoms with E-state index in [-0.39, 0.29) is 22.1 Å². The molecule has 1 aromatic carbocycles. The summed E-state index contributed by atoms with van der Waals surface area (Å²) >= 11 is 5.76. The molecule has 0 atom stereocenters. The van der Waals surface area contributed by atoms with Crippen LogP contribution in [0.5, 0.6) is 0 Å². The van der Waals surface area contributed by atoms with Crippen LogP contribution in [0.15, 0.2) is 27.8 Å². The molecule has 1 aromatic heterocycles. The van der Waals surface area contributed by atoms with E-state index in [9.17, 15) is 19.2 Å². The number of ketones is 1. The second-order valence-corrected chi connectivity index (χ2v) is 5.61. The van der Waals surface area contributed by atoms with Gasteiger partial charge in [0, 0.05) is 14.1 Å². The van der Waals surface area contributed by atoms with Crippen LogP contribution in [0.2, 0.25) is 5.02 Å². The van der Waals surface area contributed by atoms with E-state index < -0.39 is 35.2 Å². The fourth-order valence-corrected chi connectivity index (χ4v) is 2.20. The van der Waals surface area contributed by atoms with Crippen molar-refractivity contribution in [3.05, 3.63) is 55.2 Å². The number of esters is 1. The molecule has 0 spiro atoms. The van der Waals surface area contributed by atoms with Crippen LogP contribution in [-0.4, -0.2) is 27.5 Å². The van der Waals surface area contributed by atoms with Crippen molar-refractivity contribution in [1.82, 2.24) is 9.13 Å². The third-order valence-electron chi connectivity index (χ3n) is 3.55. The molecule has 0 fully saturated rings. The van der Waals surface area contributed by atoms with E-state index in [1.165, 1.54) is 32.3 Å². The van der Waals surface area contributed by atoms with Gasteiger partial charge in [0.1, 0.15) is 11.4 Å². The van der Waals surface area contributed by atoms with Gasteiger partial charge in [-0.25, -0.2) is 9.59 Å². The first kappa shape index (κ1) is 18.3. The summed E-state index contributed by atoms with van der Waals surface area (Å²) in [4.78, 5) is 48.0. The Morgan fingerprint density at radius 3 is 2.40 bits per heavy atom. The van der Waals surface area contributed by atoms with Crippen molar-refractivity contribution in [2.45, 2.75) is 0 Å². The summed E-state index contributed by atoms with van der Waals surface area (Å²) < 4.78 is 6.58. The van der Waals surface area contributed by atoms with Gasteiger partial charge in [0.15, 0.2) is 6.61 Å². The minimum atomic E-state index is -0.864. The van der Waals surface area contributed by atoms with Crippen molar-refractivity contribution in [3.8, 4) is 0 Å². The molecule has 0 aliphatic heterocycles. The van der Waals surface area contributed by atoms with Crippen molar-refractivity contribution >= 4 is 34.9 Å². The molecule has 2 rings (SSSR count). The van der Waals surface area contributed by atoms with E-state index in [1.807, 2.05) is 0 Å². The van der Waals surface area contributed by atoms with Gasteiger partial charge in [-0.2, -0.15) is 0 Å². The summed E-state index contributed by atoms with van der Waals surface area (Å²) in [7, 11) is 2.53. The van der Waals surface area contributed by atoms with Gasteiger partial charge in [-0.3, -0.25) is 18.7 Å². The molecule has 0 aliphatic carbocycles. The van der Waals surface area contributed by atoms with E-state index in [1.54, 1.807) is 0 Å². The lowest BCUT2D eigenvalue weighted by atomic mass is 10.2. The Morgan fingerprint density at radius 1 is 1.16 bits per heavy atom. The minimum absolute atomic E-state index is 0.0936. The monoisotopic (exact) mass is 366 g/mol. The van der Waals surface area contributed by atoms with Crippen molar-refractivity contribution in [1.29, 1.82) is 0 Å². The first-order chi connectivity index (χ1) is 11.6. The number of anilines is 2. The number of hydrogen-bond donors (Lipinski definition) is 2. The number of nitrogen functional groups attached to an aromatic ring is 2. The lowest BCUT2D eigenvalue weighted by Crippen LogP contribution is -2.42. The summed E-state index contributed by atoms with van der Waals surface area (Å²) in [6.07, 6.45) is 0. The number of Topliss-reactive ketones (excluding diaryl/α,β-unsaturated/α-hetero) is 1. The topological polar surface area (TPSA) is 139 Å². The summed E-state index contributed by atoms with van der Waals surface area (Å²) in [5.74, 6) is -1.95. The zero-order chi connectivity index (χ0) is 18.9. The molecular weight excluding hydrogens is 352 g/mol. The predicted molar refractivity (Wildman–Crippen MR) is 91.8 cm³/mol. The van der Waals surface area contributed by atoms with Crippen molar-refractivity contribution < 1.29 is 14.3 Å². The van der Waals surface area contributed by atoms with Crippen LogP contribution in [0, 0.1) is 0 Å². The molecule has 2 aromatic rings. The standard InChI is InChI=1S/C15H15ClN4O5/c1-19-12(18)11(13(22)20(2)15(19)24)10(21)6-25-14(23)7-3-4-8(16)9(17)5-7/h3-5H,6,17-18H2,1-2H3. The maximum atomic E-state index is 12.2. The largest absolute Gasteiger partial charge is 0.454 e. The van der Waals surface area contributed by atoms with E-state index in [4.69, 9.17) is 27.8 Å². The number of nitrogens with zero attached hydrogens (tertiary/aromatic N) is 2. The average molecular weight is 367 g/mol. The third-order valence-corrected chi connectivity index (χ3v) is 3.90. The Hall–Kier alpha value is -3.07. The van der Waals surface area contributed by atoms with Crippen LogP contribution < -0.4 is 22.7 Å². The molecule has 0 amide bonds. The highest BCUT2D eigenvalue weighted by molar-refractivity contribution is 6.33. The summed E-state index contributed by atoms with van der Waals surface area (Å²) in [5.41, 5.74) is 9.57. The van der Waals surface area contributed by atoms with Crippen LogP contribution >= 0.6 is 11.6 Å². The number of aromatic nitrogens is 2. The highest BCUT2D eigenvalue weighted by Gasteiger charge is 2.21. The van der Waals surface area contributed by atoms with Crippen LogP contribution in [-0.2, 0) is 18.8 Å². The van der Waals surface area contributed by atoms with Gasteiger partial charge >= 0.3 is 11.7 Å². The second-order valence-electron chi connectivity index (χ2n) is 5.20. The Labute approximate surface area is 146 Å². The SMILES string of the molecule is Cn1c(N)c(C(=O)COC(=O)c2ccc(Cl)c(N)c2)c(=O)n(C)c1=O. The zero-order valence-corrected chi connectivity index (χ0v) is 14.2. The minimum Gasteiger partial charge on any atom is -0.454 e. The number of benzene rings is 1. The van der Waals surface area contributed by atoms with E-state index >= 15 is 0 Å². The predicted octanol–water partition coefficient (Wildman–Crippen LogP) is -0.0585. The van der Waals surface area contributed by atoms with Crippen molar-refractivity contribution in [2.24, 2.45) is 14.1 Å². The van der Waals surface area contributed by atoms with Crippen LogP contribution in [0.1, 0.15) is 20.7 Å². The molecule has 10 heteroatoms. The number of ether oxygens (including phenoxy) is 1. The van der Waals surface area contributed by atoms with Crippen molar-refractivity contribution in [3.63, 3.8) is 0 Å². The summed E-state index contributed by atoms with van der Waals surface area (Å²) in [6, 6.07) is 4.09. The molecule has 9 nitrogen and oxygen atoms in total. The second kappa shape index (κ2) is 6.81. The van der Waals surface area contributed by atoms with Crippen molar-refractivity contribution in [2.75, 3.05) is 18.1 Å². The van der Waals surface area contributed by atoms with E-state index in [0.29, 0.717) is 0 Å². The van der Waals surface area contributed by atoms with Gasteiger partial charge in [-0.05, 0) is 18.2 Å². The Bertz CT molecular complexity index is 993. The molecule has 0 saturated heterocycles. The maximum Gasteiger partial charge on any atom is 0.338 e. The highest BCUT2D eigenvalue weighted by atomic mass is 35.5. The highest BCUT2D eigenvalue weighted by Crippen LogP contribution is 2.20. The molecule has 4 N–H and O–H groups in total. The van der Waals surface area contributed by atoms with Gasteiger partial charge in [-0.1, -0.05) is 11.6 Å². The molecule has 1 heterocycles. The molecule has 0 unspecified atom stereocenters. The number of carbonyl (C=O) groups is 2. The number of hydrogen-bond acceptors (Lipinski definition) is 7. The molecule has 0 saturated carbocycles. The average Bonchev–Trinajstić information content (AvgIpc) is 2.58. The van der Waals surface area contributed by atoms with Crippen LogP contribution in [0.3, 0.4) is 0 Å². The normalized spacial score (nSPS) is 10.5. The molecule has 0 aliphatic rings. The zero-order valence-electron chi connectivity index (χ0n) is 13.4. The Morgan fingerprint density at radius 2 is 1.80 bits per heavy atom. The van der Waals surface area contributed by atoms with Gasteiger partial charge in [0.2, 0.25) is 5.78 Å². The summed E-state index contributed by atoms with van der Waals surface area (Å²) in [6.45, 7) is -0.723. The van der Waals surface area contributed by atoms with Gasteiger partial charge < -0.3 is 16.2 Å². The first-order valence-electron chi connectivity index (χ1n) is 6.96. The number of carbonyl (C=O) groups excluding carboxylic acids is 2. The maximum absolute atomic E-state index is 12.2. The van der Waals surface area contributed by atoms with Crippen LogP contribution in [0.25, 0.3) is 0 Å². The smallest absolute Gasteiger partial charge is 0.338 e. The van der Waals surface area contributed by atoms with E-state index in [0.717, 1.165) is 9.13 Å². The van der Waals surface area contributed by atoms with Gasteiger partial charge in [-0.15, -0.1) is 0 Å². The van der Waals surface area contributed by atoms with Crippen LogP contribution in [0.4, 0.5) is 11.5 Å². The number of rotatable bonds is 4. The number of nitrogens with two attached hydrogens (primary N) is 2.